The maximum atomic E-state index is 4.46. The first-order chi connectivity index (χ1) is 8.34. The first kappa shape index (κ1) is 9.84. The summed E-state index contributed by atoms with van der Waals surface area (Å²) in [4.78, 5) is 17.3. The summed E-state index contributed by atoms with van der Waals surface area (Å²) in [6, 6.07) is 9.87. The molecule has 0 spiro atoms. The van der Waals surface area contributed by atoms with Gasteiger partial charge in [-0.1, -0.05) is 30.3 Å². The number of hydrogen-bond acceptors (Lipinski definition) is 4. The summed E-state index contributed by atoms with van der Waals surface area (Å²) in [5.41, 5.74) is 3.23. The number of hydrogen-bond donors (Lipinski definition) is 0. The van der Waals surface area contributed by atoms with Gasteiger partial charge in [0.1, 0.15) is 5.52 Å². The van der Waals surface area contributed by atoms with Gasteiger partial charge in [0.05, 0.1) is 5.69 Å². The lowest BCUT2D eigenvalue weighted by Crippen LogP contribution is -1.97. The van der Waals surface area contributed by atoms with Gasteiger partial charge in [0, 0.05) is 18.0 Å². The molecule has 0 aliphatic rings. The van der Waals surface area contributed by atoms with Crippen molar-refractivity contribution in [3.8, 4) is 11.4 Å². The van der Waals surface area contributed by atoms with Crippen molar-refractivity contribution < 1.29 is 0 Å². The molecule has 4 heteroatoms. The highest BCUT2D eigenvalue weighted by Gasteiger charge is 2.07. The predicted molar refractivity (Wildman–Crippen MR) is 65.3 cm³/mol. The van der Waals surface area contributed by atoms with Crippen LogP contribution < -0.4 is 0 Å². The van der Waals surface area contributed by atoms with E-state index in [1.165, 1.54) is 0 Å². The minimum atomic E-state index is 0.638. The smallest absolute Gasteiger partial charge is 0.182 e. The van der Waals surface area contributed by atoms with Crippen LogP contribution in [0.15, 0.2) is 42.7 Å². The monoisotopic (exact) mass is 222 g/mol. The van der Waals surface area contributed by atoms with E-state index in [9.17, 15) is 0 Å². The Morgan fingerprint density at radius 1 is 0.882 bits per heavy atom. The molecule has 82 valence electrons. The lowest BCUT2D eigenvalue weighted by molar-refractivity contribution is 1.10. The highest BCUT2D eigenvalue weighted by molar-refractivity contribution is 5.74. The Labute approximate surface area is 98.4 Å². The number of benzene rings is 1. The molecule has 2 heterocycles. The lowest BCUT2D eigenvalue weighted by Gasteiger charge is -2.03. The quantitative estimate of drug-likeness (QED) is 0.634. The summed E-state index contributed by atoms with van der Waals surface area (Å²) in [5, 5.41) is 0. The van der Waals surface area contributed by atoms with Gasteiger partial charge in [0.15, 0.2) is 11.5 Å². The molecule has 3 aromatic rings. The van der Waals surface area contributed by atoms with Gasteiger partial charge in [-0.25, -0.2) is 19.9 Å². The molecular formula is C13H10N4. The minimum absolute atomic E-state index is 0.638. The largest absolute Gasteiger partial charge is 0.249 e. The second-order valence-electron chi connectivity index (χ2n) is 3.73. The second kappa shape index (κ2) is 3.90. The van der Waals surface area contributed by atoms with Crippen LogP contribution in [0.4, 0.5) is 0 Å². The Hall–Kier alpha value is -2.36. The van der Waals surface area contributed by atoms with E-state index < -0.39 is 0 Å². The molecule has 0 unspecified atom stereocenters. The van der Waals surface area contributed by atoms with Crippen molar-refractivity contribution in [1.82, 2.24) is 19.9 Å². The predicted octanol–water partition coefficient (Wildman–Crippen LogP) is 2.40. The fourth-order valence-corrected chi connectivity index (χ4v) is 1.72. The zero-order valence-electron chi connectivity index (χ0n) is 9.33. The second-order valence-corrected chi connectivity index (χ2v) is 3.73. The summed E-state index contributed by atoms with van der Waals surface area (Å²) >= 11 is 0. The maximum Gasteiger partial charge on any atom is 0.182 e. The van der Waals surface area contributed by atoms with Crippen LogP contribution in [-0.4, -0.2) is 19.9 Å². The molecule has 0 aliphatic carbocycles. The minimum Gasteiger partial charge on any atom is -0.249 e. The summed E-state index contributed by atoms with van der Waals surface area (Å²) in [6.07, 6.45) is 3.30. The van der Waals surface area contributed by atoms with E-state index in [4.69, 9.17) is 0 Å². The highest BCUT2D eigenvalue weighted by Crippen LogP contribution is 2.17. The first-order valence-corrected chi connectivity index (χ1v) is 5.35. The molecule has 17 heavy (non-hydrogen) atoms. The topological polar surface area (TPSA) is 51.6 Å². The van der Waals surface area contributed by atoms with E-state index in [1.807, 2.05) is 37.3 Å². The fraction of sp³-hybridized carbons (Fsp3) is 0.0769. The van der Waals surface area contributed by atoms with Crippen LogP contribution in [0.2, 0.25) is 0 Å². The molecule has 0 N–H and O–H groups in total. The zero-order chi connectivity index (χ0) is 11.7. The summed E-state index contributed by atoms with van der Waals surface area (Å²) < 4.78 is 0. The van der Waals surface area contributed by atoms with Gasteiger partial charge in [0.25, 0.3) is 0 Å². The number of fused-ring (bicyclic) bond motifs is 1. The Morgan fingerprint density at radius 3 is 2.47 bits per heavy atom. The molecule has 0 saturated heterocycles. The molecule has 0 radical (unpaired) electrons. The van der Waals surface area contributed by atoms with Crippen molar-refractivity contribution in [3.05, 3.63) is 48.4 Å². The van der Waals surface area contributed by atoms with Crippen LogP contribution in [0, 0.1) is 6.92 Å². The van der Waals surface area contributed by atoms with Gasteiger partial charge >= 0.3 is 0 Å². The van der Waals surface area contributed by atoms with E-state index in [1.54, 1.807) is 12.4 Å². The third-order valence-electron chi connectivity index (χ3n) is 2.54. The van der Waals surface area contributed by atoms with Crippen molar-refractivity contribution in [1.29, 1.82) is 0 Å². The number of nitrogens with zero attached hydrogens (tertiary/aromatic N) is 4. The van der Waals surface area contributed by atoms with E-state index in [-0.39, 0.29) is 0 Å². The molecule has 3 rings (SSSR count). The Morgan fingerprint density at radius 2 is 1.65 bits per heavy atom. The van der Waals surface area contributed by atoms with Crippen LogP contribution in [0.5, 0.6) is 0 Å². The Kier molecular flexibility index (Phi) is 2.26. The van der Waals surface area contributed by atoms with Gasteiger partial charge in [-0.15, -0.1) is 0 Å². The molecule has 0 amide bonds. The number of rotatable bonds is 1. The standard InChI is InChI=1S/C13H10N4/c1-9-11-13(15-8-7-14-11)17-12(16-9)10-5-3-2-4-6-10/h2-8H,1H3. The van der Waals surface area contributed by atoms with E-state index >= 15 is 0 Å². The summed E-state index contributed by atoms with van der Waals surface area (Å²) in [6.45, 7) is 1.92. The Bertz CT molecular complexity index is 665. The van der Waals surface area contributed by atoms with Gasteiger partial charge in [-0.2, -0.15) is 0 Å². The molecule has 0 fully saturated rings. The van der Waals surface area contributed by atoms with Crippen LogP contribution >= 0.6 is 0 Å². The van der Waals surface area contributed by atoms with Crippen molar-refractivity contribution >= 4 is 11.2 Å². The van der Waals surface area contributed by atoms with Gasteiger partial charge in [-0.3, -0.25) is 0 Å². The third kappa shape index (κ3) is 1.73. The van der Waals surface area contributed by atoms with Crippen molar-refractivity contribution in [2.24, 2.45) is 0 Å². The molecule has 0 aliphatic heterocycles. The Balaban J connectivity index is 2.26. The number of aryl methyl sites for hydroxylation is 1. The normalized spacial score (nSPS) is 10.6. The first-order valence-electron chi connectivity index (χ1n) is 5.35. The number of aromatic nitrogens is 4. The fourth-order valence-electron chi connectivity index (χ4n) is 1.72. The van der Waals surface area contributed by atoms with Gasteiger partial charge in [0.2, 0.25) is 0 Å². The zero-order valence-corrected chi connectivity index (χ0v) is 9.33. The van der Waals surface area contributed by atoms with Gasteiger partial charge in [-0.05, 0) is 6.92 Å². The van der Waals surface area contributed by atoms with E-state index in [0.717, 1.165) is 16.8 Å². The molecule has 0 saturated carbocycles. The summed E-state index contributed by atoms with van der Waals surface area (Å²) in [7, 11) is 0. The van der Waals surface area contributed by atoms with Crippen LogP contribution in [-0.2, 0) is 0 Å². The van der Waals surface area contributed by atoms with E-state index in [0.29, 0.717) is 11.5 Å². The molecule has 1 aromatic carbocycles. The van der Waals surface area contributed by atoms with Gasteiger partial charge < -0.3 is 0 Å². The van der Waals surface area contributed by atoms with Crippen molar-refractivity contribution in [3.63, 3.8) is 0 Å². The maximum absolute atomic E-state index is 4.46. The molecule has 2 aromatic heterocycles. The van der Waals surface area contributed by atoms with E-state index in [2.05, 4.69) is 19.9 Å². The van der Waals surface area contributed by atoms with Crippen LogP contribution in [0.25, 0.3) is 22.6 Å². The third-order valence-corrected chi connectivity index (χ3v) is 2.54. The molecule has 4 nitrogen and oxygen atoms in total. The average Bonchev–Trinajstić information content (AvgIpc) is 2.40. The molecular weight excluding hydrogens is 212 g/mol. The highest BCUT2D eigenvalue weighted by atomic mass is 15.0. The SMILES string of the molecule is Cc1nc(-c2ccccc2)nc2nccnc12. The average molecular weight is 222 g/mol. The van der Waals surface area contributed by atoms with Crippen molar-refractivity contribution in [2.75, 3.05) is 0 Å². The molecule has 0 atom stereocenters. The summed E-state index contributed by atoms with van der Waals surface area (Å²) in [5.74, 6) is 0.691. The van der Waals surface area contributed by atoms with Crippen LogP contribution in [0.1, 0.15) is 5.69 Å². The van der Waals surface area contributed by atoms with Crippen molar-refractivity contribution in [2.45, 2.75) is 6.92 Å². The lowest BCUT2D eigenvalue weighted by atomic mass is 10.2. The van der Waals surface area contributed by atoms with Crippen LogP contribution in [0.3, 0.4) is 0 Å². The molecule has 0 bridgehead atoms.